The molecule has 2 rings (SSSR count). The SMILES string of the molecule is Cn1nnnc1-n1cccn1. The number of rotatable bonds is 1. The second-order valence-electron chi connectivity index (χ2n) is 2.05. The van der Waals surface area contributed by atoms with Crippen molar-refractivity contribution in [3.05, 3.63) is 18.5 Å². The van der Waals surface area contributed by atoms with Gasteiger partial charge in [-0.2, -0.15) is 5.10 Å². The predicted molar refractivity (Wildman–Crippen MR) is 35.9 cm³/mol. The fourth-order valence-corrected chi connectivity index (χ4v) is 0.806. The number of hydrogen-bond donors (Lipinski definition) is 0. The van der Waals surface area contributed by atoms with Gasteiger partial charge in [0.1, 0.15) is 0 Å². The summed E-state index contributed by atoms with van der Waals surface area (Å²) in [6.45, 7) is 0. The zero-order valence-electron chi connectivity index (χ0n) is 5.92. The molecule has 0 N–H and O–H groups in total. The van der Waals surface area contributed by atoms with Crippen LogP contribution in [0.3, 0.4) is 0 Å². The van der Waals surface area contributed by atoms with Crippen molar-refractivity contribution >= 4 is 0 Å². The van der Waals surface area contributed by atoms with Gasteiger partial charge in [0, 0.05) is 19.4 Å². The van der Waals surface area contributed by atoms with Crippen molar-refractivity contribution in [1.29, 1.82) is 0 Å². The van der Waals surface area contributed by atoms with E-state index in [4.69, 9.17) is 0 Å². The van der Waals surface area contributed by atoms with Gasteiger partial charge in [-0.1, -0.05) is 5.10 Å². The third-order valence-corrected chi connectivity index (χ3v) is 1.31. The number of nitrogens with zero attached hydrogens (tertiary/aromatic N) is 6. The highest BCUT2D eigenvalue weighted by Crippen LogP contribution is 1.95. The lowest BCUT2D eigenvalue weighted by molar-refractivity contribution is 0.672. The number of tetrazole rings is 1. The molecule has 0 radical (unpaired) electrons. The van der Waals surface area contributed by atoms with Gasteiger partial charge in [-0.25, -0.2) is 9.36 Å². The molecule has 6 nitrogen and oxygen atoms in total. The average Bonchev–Trinajstić information content (AvgIpc) is 2.55. The summed E-state index contributed by atoms with van der Waals surface area (Å²) in [5.41, 5.74) is 0. The molecule has 0 unspecified atom stereocenters. The van der Waals surface area contributed by atoms with Crippen molar-refractivity contribution in [2.24, 2.45) is 7.05 Å². The minimum absolute atomic E-state index is 0.606. The lowest BCUT2D eigenvalue weighted by Crippen LogP contribution is -2.04. The Morgan fingerprint density at radius 2 is 2.36 bits per heavy atom. The van der Waals surface area contributed by atoms with E-state index in [0.717, 1.165) is 0 Å². The van der Waals surface area contributed by atoms with E-state index in [1.54, 1.807) is 28.8 Å². The molecule has 2 aromatic heterocycles. The van der Waals surface area contributed by atoms with Crippen molar-refractivity contribution < 1.29 is 0 Å². The lowest BCUT2D eigenvalue weighted by atomic mass is 10.7. The average molecular weight is 150 g/mol. The summed E-state index contributed by atoms with van der Waals surface area (Å²) in [6, 6.07) is 1.81. The molecular weight excluding hydrogens is 144 g/mol. The van der Waals surface area contributed by atoms with Gasteiger partial charge in [-0.15, -0.1) is 0 Å². The van der Waals surface area contributed by atoms with E-state index in [2.05, 4.69) is 20.6 Å². The Bertz CT molecular complexity index is 333. The summed E-state index contributed by atoms with van der Waals surface area (Å²) < 4.78 is 3.15. The first-order valence-corrected chi connectivity index (χ1v) is 3.10. The van der Waals surface area contributed by atoms with Crippen molar-refractivity contribution in [2.45, 2.75) is 0 Å². The first-order valence-electron chi connectivity index (χ1n) is 3.10. The zero-order valence-corrected chi connectivity index (χ0v) is 5.92. The van der Waals surface area contributed by atoms with Gasteiger partial charge < -0.3 is 0 Å². The molecule has 56 valence electrons. The van der Waals surface area contributed by atoms with Crippen LogP contribution in [-0.4, -0.2) is 30.0 Å². The van der Waals surface area contributed by atoms with Gasteiger partial charge in [0.2, 0.25) is 0 Å². The van der Waals surface area contributed by atoms with Crippen LogP contribution in [0.5, 0.6) is 0 Å². The highest BCUT2D eigenvalue weighted by Gasteiger charge is 2.02. The van der Waals surface area contributed by atoms with E-state index in [0.29, 0.717) is 5.95 Å². The third kappa shape index (κ3) is 0.878. The van der Waals surface area contributed by atoms with Crippen molar-refractivity contribution in [3.8, 4) is 5.95 Å². The molecule has 0 fully saturated rings. The fraction of sp³-hybridized carbons (Fsp3) is 0.200. The second kappa shape index (κ2) is 2.15. The van der Waals surface area contributed by atoms with Gasteiger partial charge in [-0.05, 0) is 16.5 Å². The predicted octanol–water partition coefficient (Wildman–Crippen LogP) is -0.604. The molecule has 2 aromatic rings. The van der Waals surface area contributed by atoms with Crippen molar-refractivity contribution in [1.82, 2.24) is 30.0 Å². The molecule has 0 aliphatic rings. The van der Waals surface area contributed by atoms with Crippen molar-refractivity contribution in [3.63, 3.8) is 0 Å². The molecule has 0 amide bonds. The molecule has 11 heavy (non-hydrogen) atoms. The first-order chi connectivity index (χ1) is 5.38. The molecule has 0 spiro atoms. The number of aryl methyl sites for hydroxylation is 1. The Hall–Kier alpha value is -1.72. The fourth-order valence-electron chi connectivity index (χ4n) is 0.806. The first kappa shape index (κ1) is 6.02. The number of aromatic nitrogens is 6. The quantitative estimate of drug-likeness (QED) is 0.544. The summed E-state index contributed by atoms with van der Waals surface area (Å²) in [4.78, 5) is 0. The summed E-state index contributed by atoms with van der Waals surface area (Å²) in [7, 11) is 1.76. The smallest absolute Gasteiger partial charge is 0.213 e. The zero-order chi connectivity index (χ0) is 7.68. The van der Waals surface area contributed by atoms with Crippen LogP contribution >= 0.6 is 0 Å². The van der Waals surface area contributed by atoms with E-state index >= 15 is 0 Å². The van der Waals surface area contributed by atoms with Crippen LogP contribution in [0.15, 0.2) is 18.5 Å². The van der Waals surface area contributed by atoms with Crippen LogP contribution < -0.4 is 0 Å². The van der Waals surface area contributed by atoms with E-state index in [9.17, 15) is 0 Å². The van der Waals surface area contributed by atoms with Crippen LogP contribution in [0, 0.1) is 0 Å². The highest BCUT2D eigenvalue weighted by atomic mass is 15.6. The largest absolute Gasteiger partial charge is 0.269 e. The maximum absolute atomic E-state index is 3.97. The Kier molecular flexibility index (Phi) is 1.18. The normalized spacial score (nSPS) is 10.3. The van der Waals surface area contributed by atoms with Crippen LogP contribution in [-0.2, 0) is 7.05 Å². The maximum Gasteiger partial charge on any atom is 0.269 e. The molecule has 0 saturated heterocycles. The summed E-state index contributed by atoms with van der Waals surface area (Å²) in [5.74, 6) is 0.606. The lowest BCUT2D eigenvalue weighted by Gasteiger charge is -1.94. The summed E-state index contributed by atoms with van der Waals surface area (Å²) >= 11 is 0. The van der Waals surface area contributed by atoms with Gasteiger partial charge in [0.15, 0.2) is 0 Å². The van der Waals surface area contributed by atoms with E-state index in [1.165, 1.54) is 0 Å². The minimum Gasteiger partial charge on any atom is -0.213 e. The standard InChI is InChI=1S/C5H6N6/c1-10-5(7-8-9-10)11-4-2-3-6-11/h2-4H,1H3. The Balaban J connectivity index is 2.53. The Morgan fingerprint density at radius 3 is 2.91 bits per heavy atom. The molecule has 0 saturated carbocycles. The van der Waals surface area contributed by atoms with Gasteiger partial charge in [0.05, 0.1) is 0 Å². The molecule has 0 bridgehead atoms. The van der Waals surface area contributed by atoms with Crippen LogP contribution in [0.25, 0.3) is 5.95 Å². The van der Waals surface area contributed by atoms with Crippen LogP contribution in [0.1, 0.15) is 0 Å². The van der Waals surface area contributed by atoms with Crippen molar-refractivity contribution in [2.75, 3.05) is 0 Å². The van der Waals surface area contributed by atoms with Gasteiger partial charge in [0.25, 0.3) is 5.95 Å². The Labute approximate surface area is 62.4 Å². The Morgan fingerprint density at radius 1 is 1.45 bits per heavy atom. The monoisotopic (exact) mass is 150 g/mol. The maximum atomic E-state index is 3.97. The summed E-state index contributed by atoms with van der Waals surface area (Å²) in [6.07, 6.45) is 3.46. The van der Waals surface area contributed by atoms with E-state index in [1.807, 2.05) is 6.07 Å². The molecule has 2 heterocycles. The van der Waals surface area contributed by atoms with Crippen LogP contribution in [0.4, 0.5) is 0 Å². The topological polar surface area (TPSA) is 61.4 Å². The minimum atomic E-state index is 0.606. The molecule has 6 heteroatoms. The summed E-state index contributed by atoms with van der Waals surface area (Å²) in [5, 5.41) is 14.9. The second-order valence-corrected chi connectivity index (χ2v) is 2.05. The molecule has 0 aliphatic carbocycles. The van der Waals surface area contributed by atoms with E-state index < -0.39 is 0 Å². The van der Waals surface area contributed by atoms with Crippen LogP contribution in [0.2, 0.25) is 0 Å². The number of hydrogen-bond acceptors (Lipinski definition) is 4. The molecule has 0 aliphatic heterocycles. The van der Waals surface area contributed by atoms with Gasteiger partial charge in [-0.3, -0.25) is 0 Å². The van der Waals surface area contributed by atoms with E-state index in [-0.39, 0.29) is 0 Å². The molecule has 0 aromatic carbocycles. The molecular formula is C5H6N6. The third-order valence-electron chi connectivity index (χ3n) is 1.31. The highest BCUT2D eigenvalue weighted by molar-refractivity contribution is 5.04. The van der Waals surface area contributed by atoms with Gasteiger partial charge >= 0.3 is 0 Å². The molecule has 0 atom stereocenters.